The lowest BCUT2D eigenvalue weighted by Gasteiger charge is -1.97. The lowest BCUT2D eigenvalue weighted by atomic mass is 10.1. The van der Waals surface area contributed by atoms with Gasteiger partial charge in [0.15, 0.2) is 0 Å². The molecular weight excluding hydrogens is 112 g/mol. The smallest absolute Gasteiger partial charge is 0.0968 e. The van der Waals surface area contributed by atoms with E-state index in [2.05, 4.69) is 0 Å². The first kappa shape index (κ1) is 5.48. The highest BCUT2D eigenvalue weighted by Gasteiger charge is 2.33. The zero-order valence-electron chi connectivity index (χ0n) is 5.56. The van der Waals surface area contributed by atoms with Crippen molar-refractivity contribution in [3.63, 3.8) is 0 Å². The summed E-state index contributed by atoms with van der Waals surface area (Å²) < 4.78 is 0. The van der Waals surface area contributed by atoms with E-state index in [0.717, 1.165) is 0 Å². The highest BCUT2D eigenvalue weighted by Crippen LogP contribution is 2.41. The third kappa shape index (κ3) is 0.799. The van der Waals surface area contributed by atoms with Crippen LogP contribution in [0.25, 0.3) is 0 Å². The van der Waals surface area contributed by atoms with E-state index in [0.29, 0.717) is 0 Å². The van der Waals surface area contributed by atoms with Crippen LogP contribution in [0.1, 0.15) is 32.1 Å². The SMILES string of the molecule is OC1C2=C1CCCCC2. The van der Waals surface area contributed by atoms with Crippen LogP contribution in [0.3, 0.4) is 0 Å². The molecule has 2 aliphatic carbocycles. The predicted octanol–water partition coefficient (Wildman–Crippen LogP) is 1.62. The summed E-state index contributed by atoms with van der Waals surface area (Å²) in [5, 5.41) is 9.18. The maximum Gasteiger partial charge on any atom is 0.0968 e. The van der Waals surface area contributed by atoms with Crippen molar-refractivity contribution in [1.82, 2.24) is 0 Å². The molecule has 0 unspecified atom stereocenters. The van der Waals surface area contributed by atoms with Crippen molar-refractivity contribution in [2.45, 2.75) is 38.2 Å². The van der Waals surface area contributed by atoms with Crippen LogP contribution in [0, 0.1) is 0 Å². The standard InChI is InChI=1S/C8H12O/c9-8-6-4-2-1-3-5-7(6)8/h8-9H,1-5H2. The molecular formula is C8H12O. The molecule has 0 aliphatic heterocycles. The highest BCUT2D eigenvalue weighted by molar-refractivity contribution is 5.43. The minimum absolute atomic E-state index is 0.0645. The van der Waals surface area contributed by atoms with Gasteiger partial charge < -0.3 is 5.11 Å². The van der Waals surface area contributed by atoms with Crippen LogP contribution >= 0.6 is 0 Å². The highest BCUT2D eigenvalue weighted by atomic mass is 16.3. The molecule has 0 atom stereocenters. The summed E-state index contributed by atoms with van der Waals surface area (Å²) in [5.41, 5.74) is 2.74. The van der Waals surface area contributed by atoms with Crippen molar-refractivity contribution in [1.29, 1.82) is 0 Å². The van der Waals surface area contributed by atoms with Gasteiger partial charge in [-0.3, -0.25) is 0 Å². The van der Waals surface area contributed by atoms with Gasteiger partial charge in [-0.2, -0.15) is 0 Å². The van der Waals surface area contributed by atoms with Gasteiger partial charge in [-0.15, -0.1) is 0 Å². The molecule has 0 heterocycles. The van der Waals surface area contributed by atoms with E-state index in [1.165, 1.54) is 43.3 Å². The summed E-state index contributed by atoms with van der Waals surface area (Å²) in [7, 11) is 0. The molecule has 0 radical (unpaired) electrons. The van der Waals surface area contributed by atoms with Gasteiger partial charge in [0.05, 0.1) is 6.10 Å². The van der Waals surface area contributed by atoms with Crippen molar-refractivity contribution < 1.29 is 5.11 Å². The Morgan fingerprint density at radius 3 is 2.11 bits per heavy atom. The van der Waals surface area contributed by atoms with E-state index < -0.39 is 0 Å². The third-order valence-electron chi connectivity index (χ3n) is 2.38. The molecule has 0 fully saturated rings. The molecule has 50 valence electrons. The fourth-order valence-corrected chi connectivity index (χ4v) is 1.71. The van der Waals surface area contributed by atoms with Crippen LogP contribution in [-0.2, 0) is 0 Å². The minimum atomic E-state index is -0.0645. The molecule has 0 bridgehead atoms. The van der Waals surface area contributed by atoms with Gasteiger partial charge in [0.25, 0.3) is 0 Å². The molecule has 0 aromatic rings. The Morgan fingerprint density at radius 1 is 1.00 bits per heavy atom. The number of aliphatic hydroxyl groups excluding tert-OH is 1. The van der Waals surface area contributed by atoms with E-state index in [4.69, 9.17) is 0 Å². The Bertz CT molecular complexity index is 142. The number of rotatable bonds is 0. The summed E-state index contributed by atoms with van der Waals surface area (Å²) >= 11 is 0. The molecule has 0 amide bonds. The zero-order valence-corrected chi connectivity index (χ0v) is 5.56. The zero-order chi connectivity index (χ0) is 6.27. The second-order valence-corrected chi connectivity index (χ2v) is 3.01. The van der Waals surface area contributed by atoms with E-state index in [1.807, 2.05) is 0 Å². The Balaban J connectivity index is 2.03. The van der Waals surface area contributed by atoms with Gasteiger partial charge in [-0.1, -0.05) is 6.42 Å². The summed E-state index contributed by atoms with van der Waals surface area (Å²) in [5.74, 6) is 0. The molecule has 2 rings (SSSR count). The van der Waals surface area contributed by atoms with E-state index in [9.17, 15) is 5.11 Å². The topological polar surface area (TPSA) is 20.2 Å². The van der Waals surface area contributed by atoms with Crippen molar-refractivity contribution in [3.8, 4) is 0 Å². The minimum Gasteiger partial charge on any atom is -0.384 e. The largest absolute Gasteiger partial charge is 0.384 e. The second kappa shape index (κ2) is 1.84. The van der Waals surface area contributed by atoms with Crippen LogP contribution < -0.4 is 0 Å². The lowest BCUT2D eigenvalue weighted by molar-refractivity contribution is 0.280. The second-order valence-electron chi connectivity index (χ2n) is 3.01. The van der Waals surface area contributed by atoms with Gasteiger partial charge in [0.1, 0.15) is 0 Å². The van der Waals surface area contributed by atoms with Crippen LogP contribution in [0.4, 0.5) is 0 Å². The predicted molar refractivity (Wildman–Crippen MR) is 36.1 cm³/mol. The molecule has 0 aromatic carbocycles. The molecule has 1 nitrogen and oxygen atoms in total. The maximum absolute atomic E-state index is 9.18. The first-order valence-corrected chi connectivity index (χ1v) is 3.79. The average Bonchev–Trinajstić information content (AvgIpc) is 2.51. The fraction of sp³-hybridized carbons (Fsp3) is 0.750. The van der Waals surface area contributed by atoms with Crippen LogP contribution in [0.2, 0.25) is 0 Å². The van der Waals surface area contributed by atoms with Gasteiger partial charge in [-0.05, 0) is 36.8 Å². The first-order chi connectivity index (χ1) is 4.39. The first-order valence-electron chi connectivity index (χ1n) is 3.79. The monoisotopic (exact) mass is 124 g/mol. The molecule has 2 aliphatic rings. The number of hydrogen-bond donors (Lipinski definition) is 1. The Morgan fingerprint density at radius 2 is 1.56 bits per heavy atom. The molecule has 0 saturated carbocycles. The van der Waals surface area contributed by atoms with Crippen molar-refractivity contribution in [2.75, 3.05) is 0 Å². The van der Waals surface area contributed by atoms with E-state index >= 15 is 0 Å². The van der Waals surface area contributed by atoms with Gasteiger partial charge in [-0.25, -0.2) is 0 Å². The molecule has 1 heteroatoms. The third-order valence-corrected chi connectivity index (χ3v) is 2.38. The number of hydrogen-bond acceptors (Lipinski definition) is 1. The van der Waals surface area contributed by atoms with E-state index in [-0.39, 0.29) is 6.10 Å². The average molecular weight is 124 g/mol. The Hall–Kier alpha value is -0.300. The molecule has 9 heavy (non-hydrogen) atoms. The van der Waals surface area contributed by atoms with Gasteiger partial charge in [0, 0.05) is 0 Å². The number of aliphatic hydroxyl groups is 1. The molecule has 0 aromatic heterocycles. The summed E-state index contributed by atoms with van der Waals surface area (Å²) in [4.78, 5) is 0. The van der Waals surface area contributed by atoms with Crippen LogP contribution in [-0.4, -0.2) is 11.2 Å². The molecule has 1 N–H and O–H groups in total. The molecule has 0 spiro atoms. The summed E-state index contributed by atoms with van der Waals surface area (Å²) in [6.45, 7) is 0. The Labute approximate surface area is 55.4 Å². The van der Waals surface area contributed by atoms with Crippen molar-refractivity contribution in [2.24, 2.45) is 0 Å². The van der Waals surface area contributed by atoms with Crippen molar-refractivity contribution >= 4 is 0 Å². The fourth-order valence-electron chi connectivity index (χ4n) is 1.71. The molecule has 0 saturated heterocycles. The normalized spacial score (nSPS) is 27.7. The van der Waals surface area contributed by atoms with Crippen LogP contribution in [0.5, 0.6) is 0 Å². The van der Waals surface area contributed by atoms with Gasteiger partial charge >= 0.3 is 0 Å². The Kier molecular flexibility index (Phi) is 1.12. The van der Waals surface area contributed by atoms with Crippen molar-refractivity contribution in [3.05, 3.63) is 11.1 Å². The van der Waals surface area contributed by atoms with Gasteiger partial charge in [0.2, 0.25) is 0 Å². The summed E-state index contributed by atoms with van der Waals surface area (Å²) in [6.07, 6.45) is 6.25. The van der Waals surface area contributed by atoms with Crippen LogP contribution in [0.15, 0.2) is 11.1 Å². The quantitative estimate of drug-likeness (QED) is 0.486. The lowest BCUT2D eigenvalue weighted by Crippen LogP contribution is -1.90. The summed E-state index contributed by atoms with van der Waals surface area (Å²) in [6, 6.07) is 0. The maximum atomic E-state index is 9.18. The van der Waals surface area contributed by atoms with E-state index in [1.54, 1.807) is 0 Å².